The summed E-state index contributed by atoms with van der Waals surface area (Å²) in [7, 11) is 0. The molecule has 0 radical (unpaired) electrons. The first-order chi connectivity index (χ1) is 24.1. The van der Waals surface area contributed by atoms with Crippen molar-refractivity contribution in [3.8, 4) is 0 Å². The van der Waals surface area contributed by atoms with Gasteiger partial charge in [-0.05, 0) is 72.2 Å². The van der Waals surface area contributed by atoms with E-state index in [0.29, 0.717) is 29.4 Å². The van der Waals surface area contributed by atoms with Crippen LogP contribution in [0.25, 0.3) is 0 Å². The summed E-state index contributed by atoms with van der Waals surface area (Å²) in [6, 6.07) is 30.6. The zero-order valence-corrected chi connectivity index (χ0v) is 30.1. The average Bonchev–Trinajstić information content (AvgIpc) is 3.19. The Morgan fingerprint density at radius 1 is 0.860 bits per heavy atom. The summed E-state index contributed by atoms with van der Waals surface area (Å²) in [5, 5.41) is 6.89. The molecule has 4 aromatic carbocycles. The molecule has 264 valence electrons. The Bertz CT molecular complexity index is 1730. The number of nitrogens with zero attached hydrogens (tertiary/aromatic N) is 1. The van der Waals surface area contributed by atoms with Crippen molar-refractivity contribution >= 4 is 29.1 Å². The molecule has 0 aliphatic carbocycles. The maximum absolute atomic E-state index is 14.2. The fraction of sp³-hybridized carbons (Fsp3) is 0.381. The van der Waals surface area contributed by atoms with Gasteiger partial charge in [0.15, 0.2) is 0 Å². The van der Waals surface area contributed by atoms with Crippen molar-refractivity contribution in [2.75, 3.05) is 18.0 Å². The van der Waals surface area contributed by atoms with Crippen LogP contribution >= 0.6 is 11.6 Å². The predicted molar refractivity (Wildman–Crippen MR) is 200 cm³/mol. The fourth-order valence-electron chi connectivity index (χ4n) is 6.35. The zero-order valence-electron chi connectivity index (χ0n) is 29.4. The molecule has 5 rings (SSSR count). The first-order valence-electron chi connectivity index (χ1n) is 17.7. The van der Waals surface area contributed by atoms with Crippen molar-refractivity contribution in [2.45, 2.75) is 84.6 Å². The quantitative estimate of drug-likeness (QED) is 0.122. The van der Waals surface area contributed by atoms with Gasteiger partial charge in [0.25, 0.3) is 5.91 Å². The van der Waals surface area contributed by atoms with E-state index in [4.69, 9.17) is 16.3 Å². The first kappa shape index (κ1) is 37.2. The second-order valence-electron chi connectivity index (χ2n) is 14.3. The molecule has 1 aliphatic heterocycles. The van der Waals surface area contributed by atoms with Gasteiger partial charge in [-0.2, -0.15) is 0 Å². The smallest absolute Gasteiger partial charge is 0.256 e. The van der Waals surface area contributed by atoms with E-state index in [1.54, 1.807) is 29.2 Å². The SMILES string of the molecule is CC(C)(C)CN1C(=O)C(CC(=O)NCc2ccccc2F)OC(c2cccc(CNCCCCCCc3ccccc3)c2)c2cc(Cl)ccc21. The lowest BCUT2D eigenvalue weighted by Gasteiger charge is -2.31. The molecule has 0 fully saturated rings. The monoisotopic (exact) mass is 697 g/mol. The highest BCUT2D eigenvalue weighted by molar-refractivity contribution is 6.30. The summed E-state index contributed by atoms with van der Waals surface area (Å²) in [5.74, 6) is -1.09. The van der Waals surface area contributed by atoms with Gasteiger partial charge in [0, 0.05) is 41.5 Å². The van der Waals surface area contributed by atoms with Crippen LogP contribution in [0.1, 0.15) is 86.8 Å². The summed E-state index contributed by atoms with van der Waals surface area (Å²) in [4.78, 5) is 29.2. The minimum Gasteiger partial charge on any atom is -0.355 e. The third-order valence-electron chi connectivity index (χ3n) is 8.84. The summed E-state index contributed by atoms with van der Waals surface area (Å²) in [6.45, 7) is 8.25. The highest BCUT2D eigenvalue weighted by Crippen LogP contribution is 2.41. The number of nitrogens with one attached hydrogen (secondary N) is 2. The highest BCUT2D eigenvalue weighted by atomic mass is 35.5. The number of carbonyl (C=O) groups is 2. The zero-order chi connectivity index (χ0) is 35.5. The molecule has 0 spiro atoms. The Balaban J connectivity index is 1.29. The molecular formula is C42H49ClFN3O3. The third kappa shape index (κ3) is 10.7. The Kier molecular flexibility index (Phi) is 13.2. The van der Waals surface area contributed by atoms with Gasteiger partial charge in [-0.25, -0.2) is 4.39 Å². The van der Waals surface area contributed by atoms with E-state index in [1.807, 2.05) is 24.3 Å². The molecule has 2 unspecified atom stereocenters. The minimum absolute atomic E-state index is 0.0140. The maximum Gasteiger partial charge on any atom is 0.256 e. The number of unbranched alkanes of at least 4 members (excludes halogenated alkanes) is 3. The van der Waals surface area contributed by atoms with Crippen molar-refractivity contribution in [3.63, 3.8) is 0 Å². The van der Waals surface area contributed by atoms with Gasteiger partial charge < -0.3 is 20.3 Å². The maximum atomic E-state index is 14.2. The van der Waals surface area contributed by atoms with Crippen LogP contribution in [0.4, 0.5) is 10.1 Å². The second-order valence-corrected chi connectivity index (χ2v) is 14.8. The molecule has 8 heteroatoms. The van der Waals surface area contributed by atoms with Crippen LogP contribution in [0.5, 0.6) is 0 Å². The van der Waals surface area contributed by atoms with Gasteiger partial charge in [0.2, 0.25) is 5.91 Å². The number of fused-ring (bicyclic) bond motifs is 1. The van der Waals surface area contributed by atoms with E-state index in [2.05, 4.69) is 73.9 Å². The van der Waals surface area contributed by atoms with Crippen molar-refractivity contribution in [2.24, 2.45) is 5.41 Å². The van der Waals surface area contributed by atoms with Crippen LogP contribution in [-0.2, 0) is 33.8 Å². The highest BCUT2D eigenvalue weighted by Gasteiger charge is 2.39. The number of benzene rings is 4. The Morgan fingerprint density at radius 2 is 1.60 bits per heavy atom. The summed E-state index contributed by atoms with van der Waals surface area (Å²) in [6.07, 6.45) is 3.89. The average molecular weight is 698 g/mol. The van der Waals surface area contributed by atoms with Crippen molar-refractivity contribution in [3.05, 3.63) is 136 Å². The van der Waals surface area contributed by atoms with Crippen LogP contribution < -0.4 is 15.5 Å². The first-order valence-corrected chi connectivity index (χ1v) is 18.0. The van der Waals surface area contributed by atoms with E-state index in [9.17, 15) is 14.0 Å². The number of rotatable bonds is 15. The Morgan fingerprint density at radius 3 is 2.38 bits per heavy atom. The standard InChI is InChI=1S/C42H49ClFN3O3/c1-42(2,3)29-47-37-22-21-34(43)25-35(37)40(50-38(41(47)49)26-39(48)46-28-33-18-10-11-20-36(33)44)32-19-13-17-31(24-32)27-45-23-12-5-4-7-14-30-15-8-6-9-16-30/h6,8-11,13,15-22,24-25,38,40,45H,4-5,7,12,14,23,26-29H2,1-3H3,(H,46,48). The van der Waals surface area contributed by atoms with Crippen LogP contribution in [0.2, 0.25) is 5.02 Å². The number of carbonyl (C=O) groups excluding carboxylic acids is 2. The van der Waals surface area contributed by atoms with Gasteiger partial charge >= 0.3 is 0 Å². The topological polar surface area (TPSA) is 70.7 Å². The third-order valence-corrected chi connectivity index (χ3v) is 9.07. The van der Waals surface area contributed by atoms with Gasteiger partial charge in [0.05, 0.1) is 6.42 Å². The molecule has 2 amide bonds. The van der Waals surface area contributed by atoms with Crippen LogP contribution in [0, 0.1) is 11.2 Å². The molecule has 0 saturated heterocycles. The number of halogens is 2. The van der Waals surface area contributed by atoms with E-state index in [1.165, 1.54) is 30.9 Å². The lowest BCUT2D eigenvalue weighted by atomic mass is 9.94. The number of ether oxygens (including phenoxy) is 1. The van der Waals surface area contributed by atoms with Crippen LogP contribution in [0.3, 0.4) is 0 Å². The molecule has 1 aliphatic rings. The summed E-state index contributed by atoms with van der Waals surface area (Å²) < 4.78 is 20.9. The van der Waals surface area contributed by atoms with E-state index < -0.39 is 23.9 Å². The fourth-order valence-corrected chi connectivity index (χ4v) is 6.53. The van der Waals surface area contributed by atoms with Gasteiger partial charge in [-0.1, -0.05) is 118 Å². The Labute approximate surface area is 301 Å². The molecule has 2 N–H and O–H groups in total. The summed E-state index contributed by atoms with van der Waals surface area (Å²) in [5.41, 5.74) is 4.98. The molecule has 0 bridgehead atoms. The lowest BCUT2D eigenvalue weighted by molar-refractivity contribution is -0.138. The molecule has 4 aromatic rings. The predicted octanol–water partition coefficient (Wildman–Crippen LogP) is 8.95. The van der Waals surface area contributed by atoms with Gasteiger partial charge in [-0.15, -0.1) is 0 Å². The molecule has 1 heterocycles. The molecule has 0 aromatic heterocycles. The van der Waals surface area contributed by atoms with Crippen molar-refractivity contribution in [1.29, 1.82) is 0 Å². The molecule has 2 atom stereocenters. The Hall–Kier alpha value is -4.04. The number of hydrogen-bond donors (Lipinski definition) is 2. The molecular weight excluding hydrogens is 649 g/mol. The minimum atomic E-state index is -1.07. The van der Waals surface area contributed by atoms with E-state index >= 15 is 0 Å². The van der Waals surface area contributed by atoms with Gasteiger partial charge in [0.1, 0.15) is 18.0 Å². The normalized spacial score (nSPS) is 16.2. The van der Waals surface area contributed by atoms with Crippen molar-refractivity contribution in [1.82, 2.24) is 10.6 Å². The van der Waals surface area contributed by atoms with E-state index in [-0.39, 0.29) is 24.3 Å². The summed E-state index contributed by atoms with van der Waals surface area (Å²) >= 11 is 6.56. The van der Waals surface area contributed by atoms with E-state index in [0.717, 1.165) is 36.1 Å². The number of anilines is 1. The molecule has 0 saturated carbocycles. The largest absolute Gasteiger partial charge is 0.355 e. The van der Waals surface area contributed by atoms with Crippen molar-refractivity contribution < 1.29 is 18.7 Å². The number of hydrogen-bond acceptors (Lipinski definition) is 4. The number of aryl methyl sites for hydroxylation is 1. The number of amides is 2. The van der Waals surface area contributed by atoms with Crippen LogP contribution in [0.15, 0.2) is 97.1 Å². The van der Waals surface area contributed by atoms with Crippen LogP contribution in [-0.4, -0.2) is 31.0 Å². The van der Waals surface area contributed by atoms with Gasteiger partial charge in [-0.3, -0.25) is 9.59 Å². The second kappa shape index (κ2) is 17.8. The molecule has 50 heavy (non-hydrogen) atoms. The molecule has 6 nitrogen and oxygen atoms in total. The lowest BCUT2D eigenvalue weighted by Crippen LogP contribution is -2.45.